The van der Waals surface area contributed by atoms with E-state index in [2.05, 4.69) is 0 Å². The molecule has 0 aliphatic carbocycles. The number of hydrogen-bond acceptors (Lipinski definition) is 5. The Labute approximate surface area is 114 Å². The molecule has 1 saturated heterocycles. The molecule has 1 heterocycles. The molecular weight excluding hydrogens is 287 g/mol. The number of sulfone groups is 1. The number of nitriles is 1. The summed E-state index contributed by atoms with van der Waals surface area (Å²) >= 11 is 0. The van der Waals surface area contributed by atoms with Gasteiger partial charge in [0.15, 0.2) is 9.84 Å². The van der Waals surface area contributed by atoms with Crippen molar-refractivity contribution in [2.75, 3.05) is 11.5 Å². The summed E-state index contributed by atoms with van der Waals surface area (Å²) in [7, 11) is -3.24. The number of halogens is 1. The summed E-state index contributed by atoms with van der Waals surface area (Å²) in [6.45, 7) is 0. The fourth-order valence-corrected chi connectivity index (χ4v) is 4.38. The van der Waals surface area contributed by atoms with Gasteiger partial charge in [-0.05, 0) is 24.5 Å². The van der Waals surface area contributed by atoms with Crippen LogP contribution in [0.2, 0.25) is 0 Å². The maximum absolute atomic E-state index is 13.5. The van der Waals surface area contributed by atoms with E-state index in [0.717, 1.165) is 12.1 Å². The maximum atomic E-state index is 13.5. The topological polar surface area (TPSA) is 101 Å². The number of hydrogen-bond donors (Lipinski definition) is 0. The monoisotopic (exact) mass is 298 g/mol. The number of benzene rings is 1. The second-order valence-electron chi connectivity index (χ2n) is 4.95. The molecular formula is C12H11FN2O4S. The lowest BCUT2D eigenvalue weighted by atomic mass is 9.83. The van der Waals surface area contributed by atoms with Gasteiger partial charge in [-0.15, -0.1) is 0 Å². The number of nitro groups is 1. The SMILES string of the molecule is N#CC1(Cc2ccc([N+](=O)[O-])c(F)c2)CCS(=O)(=O)C1. The first-order valence-electron chi connectivity index (χ1n) is 5.81. The number of rotatable bonds is 3. The van der Waals surface area contributed by atoms with Crippen LogP contribution in [0.3, 0.4) is 0 Å². The third kappa shape index (κ3) is 2.77. The van der Waals surface area contributed by atoms with Crippen LogP contribution in [0.1, 0.15) is 12.0 Å². The highest BCUT2D eigenvalue weighted by molar-refractivity contribution is 7.91. The standard InChI is InChI=1S/C12H11FN2O4S/c13-10-5-9(1-2-11(10)15(16)17)6-12(7-14)3-4-20(18,19)8-12/h1-2,5H,3-4,6,8H2. The Kier molecular flexibility index (Phi) is 3.48. The molecule has 1 aromatic carbocycles. The van der Waals surface area contributed by atoms with E-state index in [-0.39, 0.29) is 24.3 Å². The average molecular weight is 298 g/mol. The Hall–Kier alpha value is -2.01. The van der Waals surface area contributed by atoms with Crippen LogP contribution in [0, 0.1) is 32.7 Å². The van der Waals surface area contributed by atoms with Gasteiger partial charge in [0.25, 0.3) is 0 Å². The van der Waals surface area contributed by atoms with Crippen LogP contribution >= 0.6 is 0 Å². The zero-order chi connectivity index (χ0) is 15.0. The minimum Gasteiger partial charge on any atom is -0.258 e. The van der Waals surface area contributed by atoms with E-state index < -0.39 is 31.7 Å². The summed E-state index contributed by atoms with van der Waals surface area (Å²) in [6, 6.07) is 5.37. The fourth-order valence-electron chi connectivity index (χ4n) is 2.38. The van der Waals surface area contributed by atoms with Gasteiger partial charge in [-0.2, -0.15) is 9.65 Å². The molecule has 0 amide bonds. The first kappa shape index (κ1) is 14.4. The van der Waals surface area contributed by atoms with Gasteiger partial charge in [0.05, 0.1) is 27.9 Å². The minimum absolute atomic E-state index is 0.0595. The largest absolute Gasteiger partial charge is 0.304 e. The van der Waals surface area contributed by atoms with Crippen LogP contribution < -0.4 is 0 Å². The summed E-state index contributed by atoms with van der Waals surface area (Å²) in [5.41, 5.74) is -1.33. The van der Waals surface area contributed by atoms with E-state index in [0.29, 0.717) is 5.56 Å². The summed E-state index contributed by atoms with van der Waals surface area (Å²) in [5.74, 6) is -1.30. The van der Waals surface area contributed by atoms with E-state index in [1.54, 1.807) is 0 Å². The maximum Gasteiger partial charge on any atom is 0.304 e. The molecule has 106 valence electrons. The normalized spacial score (nSPS) is 24.2. The highest BCUT2D eigenvalue weighted by atomic mass is 32.2. The van der Waals surface area contributed by atoms with Gasteiger partial charge in [-0.1, -0.05) is 6.07 Å². The molecule has 1 fully saturated rings. The van der Waals surface area contributed by atoms with Crippen molar-refractivity contribution < 1.29 is 17.7 Å². The quantitative estimate of drug-likeness (QED) is 0.623. The Morgan fingerprint density at radius 3 is 2.65 bits per heavy atom. The molecule has 0 N–H and O–H groups in total. The number of nitrogens with zero attached hydrogens (tertiary/aromatic N) is 2. The zero-order valence-corrected chi connectivity index (χ0v) is 11.2. The number of nitro benzene ring substituents is 1. The van der Waals surface area contributed by atoms with E-state index >= 15 is 0 Å². The van der Waals surface area contributed by atoms with Crippen LogP contribution in [0.5, 0.6) is 0 Å². The summed E-state index contributed by atoms with van der Waals surface area (Å²) in [5, 5.41) is 19.7. The lowest BCUT2D eigenvalue weighted by molar-refractivity contribution is -0.387. The van der Waals surface area contributed by atoms with E-state index in [1.807, 2.05) is 6.07 Å². The van der Waals surface area contributed by atoms with Crippen LogP contribution in [-0.2, 0) is 16.3 Å². The van der Waals surface area contributed by atoms with E-state index in [1.165, 1.54) is 6.07 Å². The van der Waals surface area contributed by atoms with Gasteiger partial charge in [0, 0.05) is 6.07 Å². The van der Waals surface area contributed by atoms with E-state index in [4.69, 9.17) is 0 Å². The van der Waals surface area contributed by atoms with Gasteiger partial charge in [-0.3, -0.25) is 10.1 Å². The van der Waals surface area contributed by atoms with Crippen LogP contribution in [0.4, 0.5) is 10.1 Å². The Morgan fingerprint density at radius 1 is 1.50 bits per heavy atom. The lowest BCUT2D eigenvalue weighted by Gasteiger charge is -2.18. The predicted molar refractivity (Wildman–Crippen MR) is 68.1 cm³/mol. The second-order valence-corrected chi connectivity index (χ2v) is 7.14. The fraction of sp³-hybridized carbons (Fsp3) is 0.417. The van der Waals surface area contributed by atoms with Crippen molar-refractivity contribution in [3.8, 4) is 6.07 Å². The third-order valence-corrected chi connectivity index (χ3v) is 5.19. The van der Waals surface area contributed by atoms with Gasteiger partial charge in [-0.25, -0.2) is 8.42 Å². The first-order valence-corrected chi connectivity index (χ1v) is 7.64. The molecule has 1 atom stereocenters. The molecule has 1 aliphatic heterocycles. The lowest BCUT2D eigenvalue weighted by Crippen LogP contribution is -2.23. The zero-order valence-electron chi connectivity index (χ0n) is 10.4. The van der Waals surface area contributed by atoms with E-state index in [9.17, 15) is 28.2 Å². The van der Waals surface area contributed by atoms with Crippen molar-refractivity contribution in [1.82, 2.24) is 0 Å². The second kappa shape index (κ2) is 4.83. The highest BCUT2D eigenvalue weighted by Gasteiger charge is 2.42. The van der Waals surface area contributed by atoms with Gasteiger partial charge < -0.3 is 0 Å². The Bertz CT molecular complexity index is 711. The smallest absolute Gasteiger partial charge is 0.258 e. The molecule has 0 spiro atoms. The molecule has 20 heavy (non-hydrogen) atoms. The molecule has 6 nitrogen and oxygen atoms in total. The molecule has 1 unspecified atom stereocenters. The predicted octanol–water partition coefficient (Wildman–Crippen LogP) is 1.60. The summed E-state index contributed by atoms with van der Waals surface area (Å²) in [4.78, 5) is 9.68. The van der Waals surface area contributed by atoms with Crippen molar-refractivity contribution in [3.05, 3.63) is 39.7 Å². The molecule has 0 bridgehead atoms. The molecule has 2 rings (SSSR count). The van der Waals surface area contributed by atoms with Crippen LogP contribution in [0.25, 0.3) is 0 Å². The van der Waals surface area contributed by atoms with Crippen molar-refractivity contribution in [2.24, 2.45) is 5.41 Å². The van der Waals surface area contributed by atoms with Crippen molar-refractivity contribution in [2.45, 2.75) is 12.8 Å². The average Bonchev–Trinajstić information content (AvgIpc) is 2.65. The van der Waals surface area contributed by atoms with Crippen molar-refractivity contribution >= 4 is 15.5 Å². The molecule has 8 heteroatoms. The van der Waals surface area contributed by atoms with Gasteiger partial charge in [0.1, 0.15) is 0 Å². The summed E-state index contributed by atoms with van der Waals surface area (Å²) < 4.78 is 36.5. The first-order chi connectivity index (χ1) is 9.27. The Morgan fingerprint density at radius 2 is 2.20 bits per heavy atom. The molecule has 0 saturated carbocycles. The molecule has 1 aliphatic rings. The molecule has 0 radical (unpaired) electrons. The van der Waals surface area contributed by atoms with Crippen LogP contribution in [-0.4, -0.2) is 24.8 Å². The van der Waals surface area contributed by atoms with Gasteiger partial charge in [0.2, 0.25) is 5.82 Å². The van der Waals surface area contributed by atoms with Gasteiger partial charge >= 0.3 is 5.69 Å². The molecule has 1 aromatic rings. The highest BCUT2D eigenvalue weighted by Crippen LogP contribution is 2.35. The summed E-state index contributed by atoms with van der Waals surface area (Å²) in [6.07, 6.45) is 0.266. The van der Waals surface area contributed by atoms with Crippen molar-refractivity contribution in [1.29, 1.82) is 5.26 Å². The Balaban J connectivity index is 2.28. The van der Waals surface area contributed by atoms with Crippen molar-refractivity contribution in [3.63, 3.8) is 0 Å². The molecule has 0 aromatic heterocycles. The minimum atomic E-state index is -3.24. The third-order valence-electron chi connectivity index (χ3n) is 3.38. The van der Waals surface area contributed by atoms with Crippen LogP contribution in [0.15, 0.2) is 18.2 Å².